The largest absolute Gasteiger partial charge is 0.343 e. The molecule has 3 heterocycles. The molecular weight excluding hydrogens is 312 g/mol. The van der Waals surface area contributed by atoms with E-state index in [0.717, 1.165) is 15.9 Å². The highest BCUT2D eigenvalue weighted by Crippen LogP contribution is 2.23. The van der Waals surface area contributed by atoms with E-state index in [-0.39, 0.29) is 16.4 Å². The third-order valence-corrected chi connectivity index (χ3v) is 5.01. The zero-order valence-corrected chi connectivity index (χ0v) is 13.5. The summed E-state index contributed by atoms with van der Waals surface area (Å²) >= 11 is 1.40. The van der Waals surface area contributed by atoms with Gasteiger partial charge in [-0.05, 0) is 25.5 Å². The summed E-state index contributed by atoms with van der Waals surface area (Å²) in [6.07, 6.45) is 0.586. The third kappa shape index (κ3) is 1.97. The number of benzene rings is 1. The molecule has 0 spiro atoms. The number of fused-ring (bicyclic) bond motifs is 2. The van der Waals surface area contributed by atoms with E-state index in [4.69, 9.17) is 0 Å². The van der Waals surface area contributed by atoms with Crippen molar-refractivity contribution in [3.8, 4) is 5.13 Å². The molecule has 0 saturated heterocycles. The van der Waals surface area contributed by atoms with Gasteiger partial charge in [0.25, 0.3) is 5.56 Å². The first-order valence-electron chi connectivity index (χ1n) is 7.32. The highest BCUT2D eigenvalue weighted by atomic mass is 32.1. The first-order valence-corrected chi connectivity index (χ1v) is 8.14. The number of rotatable bonds is 2. The van der Waals surface area contributed by atoms with Gasteiger partial charge < -0.3 is 4.98 Å². The topological polar surface area (TPSA) is 83.5 Å². The van der Waals surface area contributed by atoms with Gasteiger partial charge >= 0.3 is 0 Å². The quantitative estimate of drug-likeness (QED) is 0.593. The van der Waals surface area contributed by atoms with E-state index in [0.29, 0.717) is 22.8 Å². The molecule has 0 amide bonds. The summed E-state index contributed by atoms with van der Waals surface area (Å²) in [5.41, 5.74) is 2.12. The molecule has 0 unspecified atom stereocenters. The third-order valence-electron chi connectivity index (χ3n) is 3.98. The Kier molecular flexibility index (Phi) is 2.99. The highest BCUT2D eigenvalue weighted by Gasteiger charge is 2.17. The van der Waals surface area contributed by atoms with Crippen LogP contribution in [-0.2, 0) is 6.42 Å². The molecule has 0 fully saturated rings. The number of hydrogen-bond donors (Lipinski definition) is 2. The van der Waals surface area contributed by atoms with Gasteiger partial charge in [-0.3, -0.25) is 14.7 Å². The van der Waals surface area contributed by atoms with E-state index in [1.54, 1.807) is 0 Å². The monoisotopic (exact) mass is 326 g/mol. The molecule has 0 saturated carbocycles. The number of thiazole rings is 1. The molecule has 7 heteroatoms. The van der Waals surface area contributed by atoms with Crippen LogP contribution in [-0.4, -0.2) is 19.7 Å². The van der Waals surface area contributed by atoms with E-state index in [2.05, 4.69) is 15.1 Å². The number of hydrogen-bond acceptors (Lipinski definition) is 4. The zero-order valence-electron chi connectivity index (χ0n) is 12.6. The van der Waals surface area contributed by atoms with Gasteiger partial charge in [0.15, 0.2) is 5.43 Å². The van der Waals surface area contributed by atoms with E-state index in [9.17, 15) is 9.59 Å². The number of nitrogens with one attached hydrogen (secondary N) is 2. The number of para-hydroxylation sites is 1. The van der Waals surface area contributed by atoms with Crippen molar-refractivity contribution in [2.24, 2.45) is 0 Å². The Morgan fingerprint density at radius 2 is 2.04 bits per heavy atom. The first-order chi connectivity index (χ1) is 11.1. The lowest BCUT2D eigenvalue weighted by Crippen LogP contribution is -2.20. The molecule has 4 aromatic rings. The minimum atomic E-state index is -0.366. The molecule has 0 atom stereocenters. The molecule has 116 valence electrons. The number of H-pyrrole nitrogens is 2. The molecule has 0 aliphatic heterocycles. The van der Waals surface area contributed by atoms with Gasteiger partial charge in [0, 0.05) is 11.3 Å². The van der Waals surface area contributed by atoms with Crippen LogP contribution in [0.3, 0.4) is 0 Å². The Morgan fingerprint density at radius 3 is 2.78 bits per heavy atom. The Morgan fingerprint density at radius 1 is 1.26 bits per heavy atom. The molecule has 23 heavy (non-hydrogen) atoms. The van der Waals surface area contributed by atoms with Gasteiger partial charge in [-0.25, -0.2) is 4.98 Å². The van der Waals surface area contributed by atoms with E-state index in [1.165, 1.54) is 16.0 Å². The van der Waals surface area contributed by atoms with Crippen LogP contribution < -0.4 is 11.0 Å². The number of pyridine rings is 1. The predicted molar refractivity (Wildman–Crippen MR) is 91.8 cm³/mol. The Hall–Kier alpha value is -2.67. The molecule has 0 aliphatic rings. The first kappa shape index (κ1) is 14.0. The average molecular weight is 326 g/mol. The Balaban J connectivity index is 2.05. The summed E-state index contributed by atoms with van der Waals surface area (Å²) < 4.78 is 2.33. The lowest BCUT2D eigenvalue weighted by atomic mass is 10.1. The normalized spacial score (nSPS) is 11.6. The minimum Gasteiger partial charge on any atom is -0.343 e. The number of aryl methyl sites for hydroxylation is 1. The maximum atomic E-state index is 12.7. The highest BCUT2D eigenvalue weighted by molar-refractivity contribution is 7.20. The minimum absolute atomic E-state index is 0.159. The van der Waals surface area contributed by atoms with Crippen LogP contribution in [0.2, 0.25) is 0 Å². The second-order valence-electron chi connectivity index (χ2n) is 5.38. The molecule has 4 rings (SSSR count). The maximum Gasteiger partial charge on any atom is 0.286 e. The van der Waals surface area contributed by atoms with Crippen LogP contribution in [0.15, 0.2) is 33.9 Å². The fourth-order valence-corrected chi connectivity index (χ4v) is 3.76. The second-order valence-corrected chi connectivity index (χ2v) is 6.39. The Bertz CT molecular complexity index is 1130. The van der Waals surface area contributed by atoms with Crippen molar-refractivity contribution in [3.63, 3.8) is 0 Å². The fourth-order valence-electron chi connectivity index (χ4n) is 2.84. The molecule has 3 aromatic heterocycles. The Labute approximate surface area is 134 Å². The van der Waals surface area contributed by atoms with Crippen LogP contribution in [0.5, 0.6) is 0 Å². The second kappa shape index (κ2) is 4.92. The summed E-state index contributed by atoms with van der Waals surface area (Å²) in [5, 5.41) is 3.65. The predicted octanol–water partition coefficient (Wildman–Crippen LogP) is 2.49. The summed E-state index contributed by atoms with van der Waals surface area (Å²) in [6, 6.07) is 7.68. The van der Waals surface area contributed by atoms with E-state index < -0.39 is 0 Å². The molecule has 0 bridgehead atoms. The standard InChI is InChI=1S/C16H14N4O2S/c1-3-9-8(2)17-14-12(13(9)21)15(22)20(19-14)16-18-10-6-4-5-7-11(10)23-16/h4-7H,3H2,1-2H3,(H2,17,19,21). The van der Waals surface area contributed by atoms with Crippen LogP contribution >= 0.6 is 11.3 Å². The number of aromatic nitrogens is 4. The zero-order chi connectivity index (χ0) is 16.1. The molecule has 0 aliphatic carbocycles. The molecular formula is C16H14N4O2S. The smallest absolute Gasteiger partial charge is 0.286 e. The van der Waals surface area contributed by atoms with Gasteiger partial charge in [0.1, 0.15) is 11.0 Å². The molecule has 6 nitrogen and oxygen atoms in total. The van der Waals surface area contributed by atoms with Gasteiger partial charge in [0.05, 0.1) is 10.2 Å². The van der Waals surface area contributed by atoms with Crippen LogP contribution in [0, 0.1) is 6.92 Å². The van der Waals surface area contributed by atoms with Crippen molar-refractivity contribution in [3.05, 3.63) is 56.1 Å². The van der Waals surface area contributed by atoms with Crippen LogP contribution in [0.4, 0.5) is 0 Å². The maximum absolute atomic E-state index is 12.7. The van der Waals surface area contributed by atoms with Crippen molar-refractivity contribution in [1.82, 2.24) is 19.7 Å². The van der Waals surface area contributed by atoms with Crippen LogP contribution in [0.1, 0.15) is 18.2 Å². The van der Waals surface area contributed by atoms with Crippen molar-refractivity contribution in [2.45, 2.75) is 20.3 Å². The summed E-state index contributed by atoms with van der Waals surface area (Å²) in [7, 11) is 0. The lowest BCUT2D eigenvalue weighted by molar-refractivity contribution is 0.850. The van der Waals surface area contributed by atoms with E-state index in [1.807, 2.05) is 38.1 Å². The van der Waals surface area contributed by atoms with Crippen molar-refractivity contribution >= 4 is 32.6 Å². The van der Waals surface area contributed by atoms with Crippen LogP contribution in [0.25, 0.3) is 26.4 Å². The van der Waals surface area contributed by atoms with Gasteiger partial charge in [-0.2, -0.15) is 4.68 Å². The SMILES string of the molecule is CCc1c(C)[nH]c2[nH]n(-c3nc4ccccc4s3)c(=O)c2c1=O. The summed E-state index contributed by atoms with van der Waals surface area (Å²) in [4.78, 5) is 32.8. The molecule has 2 N–H and O–H groups in total. The van der Waals surface area contributed by atoms with Gasteiger partial charge in [-0.1, -0.05) is 30.4 Å². The van der Waals surface area contributed by atoms with Crippen molar-refractivity contribution in [1.29, 1.82) is 0 Å². The summed E-state index contributed by atoms with van der Waals surface area (Å²) in [5.74, 6) is 0. The van der Waals surface area contributed by atoms with Gasteiger partial charge in [0.2, 0.25) is 5.13 Å². The molecule has 1 aromatic carbocycles. The lowest BCUT2D eigenvalue weighted by Gasteiger charge is -2.01. The van der Waals surface area contributed by atoms with Crippen molar-refractivity contribution < 1.29 is 0 Å². The van der Waals surface area contributed by atoms with E-state index >= 15 is 0 Å². The molecule has 0 radical (unpaired) electrons. The number of aromatic amines is 2. The van der Waals surface area contributed by atoms with Crippen molar-refractivity contribution in [2.75, 3.05) is 0 Å². The summed E-state index contributed by atoms with van der Waals surface area (Å²) in [6.45, 7) is 3.75. The average Bonchev–Trinajstić information content (AvgIpc) is 3.08. The van der Waals surface area contributed by atoms with Gasteiger partial charge in [-0.15, -0.1) is 0 Å². The number of nitrogens with zero attached hydrogens (tertiary/aromatic N) is 2. The fraction of sp³-hybridized carbons (Fsp3) is 0.188.